The van der Waals surface area contributed by atoms with Gasteiger partial charge in [0.2, 0.25) is 5.75 Å². The number of furan rings is 1. The maximum atomic E-state index is 13.1. The maximum Gasteiger partial charge on any atom is 0.200 e. The molecule has 0 saturated heterocycles. The number of hydrogen-bond donors (Lipinski definition) is 4. The second-order valence-electron chi connectivity index (χ2n) is 5.54. The second-order valence-corrected chi connectivity index (χ2v) is 7.24. The Morgan fingerprint density at radius 1 is 1.04 bits per heavy atom. The van der Waals surface area contributed by atoms with Gasteiger partial charge in [-0.05, 0) is 49.5 Å². The first-order valence-corrected chi connectivity index (χ1v) is 8.97. The van der Waals surface area contributed by atoms with Gasteiger partial charge in [-0.3, -0.25) is 4.79 Å². The van der Waals surface area contributed by atoms with Crippen molar-refractivity contribution in [3.63, 3.8) is 0 Å². The molecule has 1 aromatic heterocycles. The minimum Gasteiger partial charge on any atom is -0.506 e. The molecule has 0 aliphatic rings. The van der Waals surface area contributed by atoms with Crippen molar-refractivity contribution >= 4 is 61.9 Å². The van der Waals surface area contributed by atoms with E-state index in [9.17, 15) is 25.2 Å². The normalized spacial score (nSPS) is 11.2. The summed E-state index contributed by atoms with van der Waals surface area (Å²) >= 11 is 6.33. The highest BCUT2D eigenvalue weighted by Gasteiger charge is 2.28. The largest absolute Gasteiger partial charge is 0.506 e. The summed E-state index contributed by atoms with van der Waals surface area (Å²) in [5, 5.41) is 39.7. The first kappa shape index (κ1) is 18.7. The summed E-state index contributed by atoms with van der Waals surface area (Å²) < 4.78 is 6.17. The van der Waals surface area contributed by atoms with Crippen LogP contribution in [0, 0.1) is 0 Å². The number of rotatable bonds is 3. The molecule has 2 radical (unpaired) electrons. The van der Waals surface area contributed by atoms with Gasteiger partial charge in [0, 0.05) is 12.0 Å². The molecule has 0 amide bonds. The van der Waals surface area contributed by atoms with Gasteiger partial charge in [0.15, 0.2) is 17.3 Å². The van der Waals surface area contributed by atoms with Gasteiger partial charge < -0.3 is 24.8 Å². The van der Waals surface area contributed by atoms with Crippen molar-refractivity contribution in [3.8, 4) is 23.0 Å². The summed E-state index contributed by atoms with van der Waals surface area (Å²) in [6.07, 6.45) is 0.302. The van der Waals surface area contributed by atoms with Crippen molar-refractivity contribution < 1.29 is 29.6 Å². The van der Waals surface area contributed by atoms with Gasteiger partial charge in [-0.25, -0.2) is 0 Å². The number of carbonyl (C=O) groups excluding carboxylic acids is 1. The summed E-state index contributed by atoms with van der Waals surface area (Å²) in [4.78, 5) is 13.1. The molecule has 2 aromatic carbocycles. The average Bonchev–Trinajstić information content (AvgIpc) is 3.01. The Hall–Kier alpha value is -2.13. The molecule has 0 atom stereocenters. The van der Waals surface area contributed by atoms with Gasteiger partial charge in [-0.2, -0.15) is 0 Å². The quantitative estimate of drug-likeness (QED) is 0.259. The van der Waals surface area contributed by atoms with Crippen molar-refractivity contribution in [2.24, 2.45) is 0 Å². The third-order valence-corrected chi connectivity index (χ3v) is 5.20. The zero-order valence-corrected chi connectivity index (χ0v) is 16.5. The third kappa shape index (κ3) is 2.66. The van der Waals surface area contributed by atoms with Crippen molar-refractivity contribution in [2.45, 2.75) is 13.3 Å². The number of hydrogen-bond acceptors (Lipinski definition) is 6. The second kappa shape index (κ2) is 6.55. The highest BCUT2D eigenvalue weighted by Crippen LogP contribution is 2.44. The Balaban J connectivity index is 2.36. The van der Waals surface area contributed by atoms with Crippen LogP contribution in [0.15, 0.2) is 25.5 Å². The zero-order chi connectivity index (χ0) is 19.3. The fraction of sp³-hybridized carbons (Fsp3) is 0.118. The monoisotopic (exact) mass is 480 g/mol. The molecule has 0 fully saturated rings. The number of benzene rings is 2. The predicted molar refractivity (Wildman–Crippen MR) is 103 cm³/mol. The van der Waals surface area contributed by atoms with Gasteiger partial charge in [-0.15, -0.1) is 0 Å². The highest BCUT2D eigenvalue weighted by atomic mass is 79.9. The van der Waals surface area contributed by atoms with Crippen LogP contribution in [-0.2, 0) is 6.42 Å². The lowest BCUT2D eigenvalue weighted by Crippen LogP contribution is -2.06. The van der Waals surface area contributed by atoms with E-state index in [0.29, 0.717) is 15.4 Å². The Morgan fingerprint density at radius 3 is 2.15 bits per heavy atom. The number of phenols is 4. The van der Waals surface area contributed by atoms with Crippen LogP contribution in [0.1, 0.15) is 28.6 Å². The van der Waals surface area contributed by atoms with Crippen molar-refractivity contribution in [1.29, 1.82) is 0 Å². The molecule has 1 heterocycles. The van der Waals surface area contributed by atoms with Gasteiger partial charge >= 0.3 is 0 Å². The first-order chi connectivity index (χ1) is 12.2. The molecule has 0 aliphatic carbocycles. The summed E-state index contributed by atoms with van der Waals surface area (Å²) in [5.74, 6) is -2.60. The molecule has 0 aliphatic heterocycles. The molecule has 26 heavy (non-hydrogen) atoms. The van der Waals surface area contributed by atoms with Crippen LogP contribution in [0.2, 0.25) is 0 Å². The molecule has 0 spiro atoms. The molecule has 6 nitrogen and oxygen atoms in total. The van der Waals surface area contributed by atoms with E-state index in [4.69, 9.17) is 12.3 Å². The lowest BCUT2D eigenvalue weighted by atomic mass is 9.90. The van der Waals surface area contributed by atoms with Crippen LogP contribution >= 0.6 is 31.9 Å². The van der Waals surface area contributed by atoms with Crippen molar-refractivity contribution in [2.75, 3.05) is 0 Å². The Kier molecular flexibility index (Phi) is 4.70. The lowest BCUT2D eigenvalue weighted by molar-refractivity contribution is 0.103. The van der Waals surface area contributed by atoms with Crippen LogP contribution in [0.5, 0.6) is 23.0 Å². The average molecular weight is 482 g/mol. The van der Waals surface area contributed by atoms with E-state index < -0.39 is 23.0 Å². The first-order valence-electron chi connectivity index (χ1n) is 7.39. The van der Waals surface area contributed by atoms with Gasteiger partial charge in [0.25, 0.3) is 0 Å². The van der Waals surface area contributed by atoms with Gasteiger partial charge in [0.1, 0.15) is 24.9 Å². The number of halogens is 2. The van der Waals surface area contributed by atoms with Crippen LogP contribution in [0.4, 0.5) is 0 Å². The molecular formula is C17H11BBr2O6. The minimum absolute atomic E-state index is 0.0199. The maximum absolute atomic E-state index is 13.1. The van der Waals surface area contributed by atoms with Crippen LogP contribution in [0.3, 0.4) is 0 Å². The molecule has 3 aromatic rings. The van der Waals surface area contributed by atoms with Crippen LogP contribution < -0.4 is 5.46 Å². The van der Waals surface area contributed by atoms with Crippen molar-refractivity contribution in [1.82, 2.24) is 0 Å². The van der Waals surface area contributed by atoms with E-state index in [1.54, 1.807) is 6.92 Å². The number of phenolic OH excluding ortho intramolecular Hbond substituents is 4. The molecular weight excluding hydrogens is 471 g/mol. The molecule has 0 saturated carbocycles. The lowest BCUT2D eigenvalue weighted by Gasteiger charge is -2.08. The SMILES string of the molecule is [B]c1c(O)c(O)c(O)c2c(C(=O)c3cc(Br)c(O)c(Br)c3)c(CC)oc12. The van der Waals surface area contributed by atoms with Crippen LogP contribution in [-0.4, -0.2) is 34.1 Å². The van der Waals surface area contributed by atoms with Crippen LogP contribution in [0.25, 0.3) is 11.0 Å². The molecule has 4 N–H and O–H groups in total. The number of fused-ring (bicyclic) bond motifs is 1. The van der Waals surface area contributed by atoms with Crippen molar-refractivity contribution in [3.05, 3.63) is 38.0 Å². The number of carbonyl (C=O) groups is 1. The predicted octanol–water partition coefficient (Wildman–Crippen LogP) is 3.37. The standard InChI is InChI=1S/C17H11BBr2O6/c1-2-8-9(12(21)5-3-6(19)13(22)7(20)4-5)10-14(23)16(25)15(24)11(18)17(10)26-8/h3-4,22-25H,2H2,1H3. The highest BCUT2D eigenvalue weighted by molar-refractivity contribution is 9.11. The zero-order valence-electron chi connectivity index (χ0n) is 13.3. The minimum atomic E-state index is -0.833. The number of ketones is 1. The summed E-state index contributed by atoms with van der Waals surface area (Å²) in [6.45, 7) is 1.74. The Labute approximate surface area is 165 Å². The number of aromatic hydroxyl groups is 4. The van der Waals surface area contributed by atoms with E-state index in [2.05, 4.69) is 31.9 Å². The summed E-state index contributed by atoms with van der Waals surface area (Å²) in [5.41, 5.74) is -0.150. The molecule has 132 valence electrons. The Bertz CT molecular complexity index is 1050. The van der Waals surface area contributed by atoms with Gasteiger partial charge in [0.05, 0.1) is 19.9 Å². The molecule has 9 heteroatoms. The molecule has 0 unspecified atom stereocenters. The van der Waals surface area contributed by atoms with E-state index in [0.717, 1.165) is 0 Å². The fourth-order valence-corrected chi connectivity index (χ4v) is 3.88. The molecule has 0 bridgehead atoms. The molecule has 3 rings (SSSR count). The number of aryl methyl sites for hydroxylation is 1. The fourth-order valence-electron chi connectivity index (χ4n) is 2.69. The summed E-state index contributed by atoms with van der Waals surface area (Å²) in [6, 6.07) is 2.84. The van der Waals surface area contributed by atoms with E-state index in [-0.39, 0.29) is 39.1 Å². The topological polar surface area (TPSA) is 111 Å². The summed E-state index contributed by atoms with van der Waals surface area (Å²) in [7, 11) is 5.76. The van der Waals surface area contributed by atoms with E-state index >= 15 is 0 Å². The van der Waals surface area contributed by atoms with E-state index in [1.165, 1.54) is 12.1 Å². The third-order valence-electron chi connectivity index (χ3n) is 3.99. The van der Waals surface area contributed by atoms with E-state index in [1.807, 2.05) is 0 Å². The smallest absolute Gasteiger partial charge is 0.200 e. The van der Waals surface area contributed by atoms with Gasteiger partial charge in [-0.1, -0.05) is 6.92 Å². The Morgan fingerprint density at radius 2 is 1.62 bits per heavy atom.